The Morgan fingerprint density at radius 1 is 1.50 bits per heavy atom. The fourth-order valence-electron chi connectivity index (χ4n) is 1.18. The average molecular weight is 141 g/mol. The minimum Gasteiger partial charge on any atom is -0.310 e. The van der Waals surface area contributed by atoms with E-state index in [1.165, 1.54) is 19.3 Å². The molecule has 0 amide bonds. The fraction of sp³-hybridized carbons (Fsp3) is 0.889. The van der Waals surface area contributed by atoms with Crippen LogP contribution in [0.1, 0.15) is 46.5 Å². The van der Waals surface area contributed by atoms with Crippen LogP contribution in [0.4, 0.5) is 0 Å². The quantitative estimate of drug-likeness (QED) is 0.568. The van der Waals surface area contributed by atoms with Crippen LogP contribution in [0.5, 0.6) is 0 Å². The maximum absolute atomic E-state index is 7.26. The summed E-state index contributed by atoms with van der Waals surface area (Å²) in [5.41, 5.74) is 0.823. The third kappa shape index (κ3) is 5.80. The van der Waals surface area contributed by atoms with E-state index in [1.54, 1.807) is 0 Å². The molecule has 0 aliphatic heterocycles. The maximum Gasteiger partial charge on any atom is 0.00608 e. The molecule has 0 saturated carbocycles. The fourth-order valence-corrected chi connectivity index (χ4v) is 1.18. The Hall–Kier alpha value is -0.330. The number of hydrogen-bond donors (Lipinski definition) is 1. The average Bonchev–Trinajstić information content (AvgIpc) is 1.82. The van der Waals surface area contributed by atoms with Crippen molar-refractivity contribution >= 4 is 5.71 Å². The minimum atomic E-state index is 0.720. The molecular formula is C9H19N. The summed E-state index contributed by atoms with van der Waals surface area (Å²) < 4.78 is 0. The van der Waals surface area contributed by atoms with Crippen LogP contribution in [-0.2, 0) is 0 Å². The molecule has 1 N–H and O–H groups in total. The van der Waals surface area contributed by atoms with Crippen molar-refractivity contribution in [2.24, 2.45) is 5.92 Å². The molecule has 0 aliphatic rings. The predicted molar refractivity (Wildman–Crippen MR) is 46.7 cm³/mol. The topological polar surface area (TPSA) is 23.9 Å². The molecule has 1 atom stereocenters. The number of nitrogens with one attached hydrogen (secondary N) is 1. The number of hydrogen-bond acceptors (Lipinski definition) is 1. The number of rotatable bonds is 5. The maximum atomic E-state index is 7.26. The highest BCUT2D eigenvalue weighted by molar-refractivity contribution is 5.78. The Kier molecular flexibility index (Phi) is 5.27. The van der Waals surface area contributed by atoms with Gasteiger partial charge in [-0.15, -0.1) is 0 Å². The van der Waals surface area contributed by atoms with Gasteiger partial charge in [0.05, 0.1) is 0 Å². The molecule has 0 aromatic carbocycles. The Labute approximate surface area is 64.3 Å². The first-order valence-corrected chi connectivity index (χ1v) is 4.20. The zero-order chi connectivity index (χ0) is 7.98. The molecule has 0 aromatic heterocycles. The summed E-state index contributed by atoms with van der Waals surface area (Å²) in [4.78, 5) is 0. The summed E-state index contributed by atoms with van der Waals surface area (Å²) in [6.07, 6.45) is 4.86. The predicted octanol–water partition coefficient (Wildman–Crippen LogP) is 3.24. The highest BCUT2D eigenvalue weighted by Gasteiger charge is 2.00. The van der Waals surface area contributed by atoms with Crippen LogP contribution in [0, 0.1) is 11.3 Å². The van der Waals surface area contributed by atoms with Crippen molar-refractivity contribution in [1.82, 2.24) is 0 Å². The molecule has 0 saturated heterocycles. The summed E-state index contributed by atoms with van der Waals surface area (Å²) in [5, 5.41) is 7.26. The lowest BCUT2D eigenvalue weighted by Gasteiger charge is -2.08. The molecule has 0 radical (unpaired) electrons. The third-order valence-corrected chi connectivity index (χ3v) is 1.71. The van der Waals surface area contributed by atoms with E-state index < -0.39 is 0 Å². The van der Waals surface area contributed by atoms with E-state index >= 15 is 0 Å². The van der Waals surface area contributed by atoms with Gasteiger partial charge >= 0.3 is 0 Å². The molecule has 10 heavy (non-hydrogen) atoms. The monoisotopic (exact) mass is 141 g/mol. The van der Waals surface area contributed by atoms with Crippen molar-refractivity contribution in [3.05, 3.63) is 0 Å². The van der Waals surface area contributed by atoms with E-state index in [-0.39, 0.29) is 0 Å². The first-order valence-electron chi connectivity index (χ1n) is 4.20. The summed E-state index contributed by atoms with van der Waals surface area (Å²) >= 11 is 0. The van der Waals surface area contributed by atoms with Crippen LogP contribution in [0.25, 0.3) is 0 Å². The summed E-state index contributed by atoms with van der Waals surface area (Å²) in [7, 11) is 0. The highest BCUT2D eigenvalue weighted by atomic mass is 14.4. The Balaban J connectivity index is 3.25. The Bertz CT molecular complexity index is 96.9. The van der Waals surface area contributed by atoms with Crippen molar-refractivity contribution in [2.75, 3.05) is 0 Å². The highest BCUT2D eigenvalue weighted by Crippen LogP contribution is 2.11. The van der Waals surface area contributed by atoms with Gasteiger partial charge in [-0.05, 0) is 19.3 Å². The number of unbranched alkanes of at least 4 members (excludes halogenated alkanes) is 1. The van der Waals surface area contributed by atoms with Gasteiger partial charge in [0, 0.05) is 5.71 Å². The van der Waals surface area contributed by atoms with E-state index in [2.05, 4.69) is 13.8 Å². The van der Waals surface area contributed by atoms with E-state index in [0.29, 0.717) is 0 Å². The molecule has 1 unspecified atom stereocenters. The molecule has 0 aliphatic carbocycles. The van der Waals surface area contributed by atoms with Gasteiger partial charge in [0.15, 0.2) is 0 Å². The molecule has 0 aromatic rings. The van der Waals surface area contributed by atoms with Crippen LogP contribution in [0.15, 0.2) is 0 Å². The Morgan fingerprint density at radius 2 is 2.10 bits per heavy atom. The van der Waals surface area contributed by atoms with Crippen molar-refractivity contribution in [3.63, 3.8) is 0 Å². The second-order valence-electron chi connectivity index (χ2n) is 3.23. The lowest BCUT2D eigenvalue weighted by atomic mass is 9.99. The zero-order valence-electron chi connectivity index (χ0n) is 7.41. The molecule has 0 rings (SSSR count). The second-order valence-corrected chi connectivity index (χ2v) is 3.23. The van der Waals surface area contributed by atoms with Crippen molar-refractivity contribution in [2.45, 2.75) is 46.5 Å². The van der Waals surface area contributed by atoms with Gasteiger partial charge in [-0.2, -0.15) is 0 Å². The van der Waals surface area contributed by atoms with Crippen LogP contribution < -0.4 is 0 Å². The molecule has 0 heterocycles. The van der Waals surface area contributed by atoms with Crippen molar-refractivity contribution in [3.8, 4) is 0 Å². The van der Waals surface area contributed by atoms with E-state index in [9.17, 15) is 0 Å². The van der Waals surface area contributed by atoms with Gasteiger partial charge in [0.1, 0.15) is 0 Å². The summed E-state index contributed by atoms with van der Waals surface area (Å²) in [6.45, 7) is 6.33. The van der Waals surface area contributed by atoms with Gasteiger partial charge in [-0.1, -0.05) is 33.1 Å². The molecule has 0 bridgehead atoms. The van der Waals surface area contributed by atoms with Crippen molar-refractivity contribution in [1.29, 1.82) is 5.41 Å². The molecule has 1 heteroatoms. The summed E-state index contributed by atoms with van der Waals surface area (Å²) in [5.74, 6) is 0.720. The van der Waals surface area contributed by atoms with Crippen LogP contribution in [-0.4, -0.2) is 5.71 Å². The van der Waals surface area contributed by atoms with Crippen LogP contribution in [0.2, 0.25) is 0 Å². The smallest absolute Gasteiger partial charge is 0.00608 e. The van der Waals surface area contributed by atoms with Gasteiger partial charge < -0.3 is 5.41 Å². The molecule has 0 spiro atoms. The third-order valence-electron chi connectivity index (χ3n) is 1.71. The molecule has 0 fully saturated rings. The van der Waals surface area contributed by atoms with E-state index in [0.717, 1.165) is 18.1 Å². The van der Waals surface area contributed by atoms with Crippen molar-refractivity contribution < 1.29 is 0 Å². The lowest BCUT2D eigenvalue weighted by molar-refractivity contribution is 0.521. The normalized spacial score (nSPS) is 13.1. The summed E-state index contributed by atoms with van der Waals surface area (Å²) in [6, 6.07) is 0. The largest absolute Gasteiger partial charge is 0.310 e. The Morgan fingerprint density at radius 3 is 2.50 bits per heavy atom. The van der Waals surface area contributed by atoms with Crippen LogP contribution in [0.3, 0.4) is 0 Å². The lowest BCUT2D eigenvalue weighted by Crippen LogP contribution is -2.00. The minimum absolute atomic E-state index is 0.720. The van der Waals surface area contributed by atoms with Gasteiger partial charge in [-0.25, -0.2) is 0 Å². The van der Waals surface area contributed by atoms with E-state index in [1.807, 2.05) is 6.92 Å². The van der Waals surface area contributed by atoms with Gasteiger partial charge in [0.2, 0.25) is 0 Å². The SMILES string of the molecule is CCCCC(C)CC(C)=N. The van der Waals surface area contributed by atoms with E-state index in [4.69, 9.17) is 5.41 Å². The molecule has 60 valence electrons. The first kappa shape index (κ1) is 9.67. The molecular weight excluding hydrogens is 122 g/mol. The van der Waals surface area contributed by atoms with Gasteiger partial charge in [0.25, 0.3) is 0 Å². The van der Waals surface area contributed by atoms with Gasteiger partial charge in [-0.3, -0.25) is 0 Å². The second kappa shape index (κ2) is 5.45. The zero-order valence-corrected chi connectivity index (χ0v) is 7.41. The molecule has 1 nitrogen and oxygen atoms in total. The standard InChI is InChI=1S/C9H19N/c1-4-5-6-8(2)7-9(3)10/h8,10H,4-7H2,1-3H3. The van der Waals surface area contributed by atoms with Crippen LogP contribution >= 0.6 is 0 Å². The first-order chi connectivity index (χ1) is 4.66.